The summed E-state index contributed by atoms with van der Waals surface area (Å²) in [5, 5.41) is 12.0. The molecule has 3 atom stereocenters. The van der Waals surface area contributed by atoms with Crippen molar-refractivity contribution in [1.82, 2.24) is 10.2 Å². The van der Waals surface area contributed by atoms with E-state index < -0.39 is 5.97 Å². The van der Waals surface area contributed by atoms with Gasteiger partial charge in [-0.3, -0.25) is 14.5 Å². The minimum atomic E-state index is -0.755. The van der Waals surface area contributed by atoms with Crippen molar-refractivity contribution in [1.29, 1.82) is 0 Å². The van der Waals surface area contributed by atoms with Crippen LogP contribution in [-0.4, -0.2) is 47.1 Å². The SMILES string of the molecule is CC1CN(C(C)C(=O)NC2CC2)CC1C(=O)O. The molecule has 0 bridgehead atoms. The minimum absolute atomic E-state index is 0.0331. The molecule has 1 saturated carbocycles. The molecule has 1 aliphatic carbocycles. The molecule has 1 saturated heterocycles. The summed E-state index contributed by atoms with van der Waals surface area (Å²) < 4.78 is 0. The first-order chi connectivity index (χ1) is 7.99. The second-order valence-corrected chi connectivity index (χ2v) is 5.33. The number of nitrogens with one attached hydrogen (secondary N) is 1. The molecule has 1 aliphatic heterocycles. The van der Waals surface area contributed by atoms with E-state index in [9.17, 15) is 9.59 Å². The van der Waals surface area contributed by atoms with Crippen LogP contribution in [-0.2, 0) is 9.59 Å². The van der Waals surface area contributed by atoms with Crippen LogP contribution in [0.3, 0.4) is 0 Å². The molecule has 1 amide bonds. The number of nitrogens with zero attached hydrogens (tertiary/aromatic N) is 1. The van der Waals surface area contributed by atoms with E-state index in [4.69, 9.17) is 5.11 Å². The molecule has 5 heteroatoms. The van der Waals surface area contributed by atoms with Crippen LogP contribution in [0, 0.1) is 11.8 Å². The number of hydrogen-bond donors (Lipinski definition) is 2. The highest BCUT2D eigenvalue weighted by atomic mass is 16.4. The number of aliphatic carboxylic acids is 1. The third kappa shape index (κ3) is 2.77. The Balaban J connectivity index is 1.89. The van der Waals surface area contributed by atoms with Gasteiger partial charge in [0.15, 0.2) is 0 Å². The van der Waals surface area contributed by atoms with Crippen molar-refractivity contribution in [2.45, 2.75) is 38.8 Å². The monoisotopic (exact) mass is 240 g/mol. The summed E-state index contributed by atoms with van der Waals surface area (Å²) in [7, 11) is 0. The van der Waals surface area contributed by atoms with Crippen molar-refractivity contribution in [2.24, 2.45) is 11.8 Å². The van der Waals surface area contributed by atoms with Gasteiger partial charge in [-0.2, -0.15) is 0 Å². The van der Waals surface area contributed by atoms with Crippen molar-refractivity contribution >= 4 is 11.9 Å². The Kier molecular flexibility index (Phi) is 3.38. The topological polar surface area (TPSA) is 69.6 Å². The second kappa shape index (κ2) is 4.64. The molecule has 0 spiro atoms. The molecule has 2 aliphatic rings. The second-order valence-electron chi connectivity index (χ2n) is 5.33. The van der Waals surface area contributed by atoms with E-state index in [2.05, 4.69) is 5.32 Å². The highest BCUT2D eigenvalue weighted by molar-refractivity contribution is 5.82. The van der Waals surface area contributed by atoms with Gasteiger partial charge in [-0.05, 0) is 25.7 Å². The van der Waals surface area contributed by atoms with Crippen molar-refractivity contribution in [3.63, 3.8) is 0 Å². The lowest BCUT2D eigenvalue weighted by Gasteiger charge is -2.23. The van der Waals surface area contributed by atoms with Gasteiger partial charge >= 0.3 is 5.97 Å². The third-order valence-electron chi connectivity index (χ3n) is 3.81. The van der Waals surface area contributed by atoms with Crippen molar-refractivity contribution in [2.75, 3.05) is 13.1 Å². The van der Waals surface area contributed by atoms with E-state index in [1.165, 1.54) is 0 Å². The quantitative estimate of drug-likeness (QED) is 0.742. The van der Waals surface area contributed by atoms with E-state index in [1.807, 2.05) is 18.7 Å². The molecule has 3 unspecified atom stereocenters. The smallest absolute Gasteiger partial charge is 0.308 e. The maximum absolute atomic E-state index is 11.9. The molecule has 96 valence electrons. The fraction of sp³-hybridized carbons (Fsp3) is 0.833. The van der Waals surface area contributed by atoms with Gasteiger partial charge in [-0.1, -0.05) is 6.92 Å². The van der Waals surface area contributed by atoms with Gasteiger partial charge in [0.2, 0.25) is 5.91 Å². The summed E-state index contributed by atoms with van der Waals surface area (Å²) in [5.74, 6) is -0.949. The Morgan fingerprint density at radius 3 is 2.47 bits per heavy atom. The molecule has 2 fully saturated rings. The Morgan fingerprint density at radius 2 is 2.00 bits per heavy atom. The maximum Gasteiger partial charge on any atom is 0.308 e. The van der Waals surface area contributed by atoms with Crippen LogP contribution in [0.15, 0.2) is 0 Å². The maximum atomic E-state index is 11.9. The average molecular weight is 240 g/mol. The molecule has 1 heterocycles. The number of carbonyl (C=O) groups excluding carboxylic acids is 1. The van der Waals surface area contributed by atoms with Gasteiger partial charge in [0, 0.05) is 19.1 Å². The van der Waals surface area contributed by atoms with Crippen LogP contribution in [0.25, 0.3) is 0 Å². The third-order valence-corrected chi connectivity index (χ3v) is 3.81. The van der Waals surface area contributed by atoms with Crippen molar-refractivity contribution < 1.29 is 14.7 Å². The molecule has 2 rings (SSSR count). The number of carboxylic acid groups (broad SMARTS) is 1. The van der Waals surface area contributed by atoms with Crippen LogP contribution in [0.4, 0.5) is 0 Å². The van der Waals surface area contributed by atoms with E-state index in [0.717, 1.165) is 12.8 Å². The summed E-state index contributed by atoms with van der Waals surface area (Å²) in [6.45, 7) is 4.96. The van der Waals surface area contributed by atoms with Gasteiger partial charge in [-0.15, -0.1) is 0 Å². The number of rotatable bonds is 4. The summed E-state index contributed by atoms with van der Waals surface area (Å²) in [6, 6.07) is 0.141. The molecular formula is C12H20N2O3. The molecule has 0 radical (unpaired) electrons. The molecule has 0 aromatic heterocycles. The molecule has 0 aromatic rings. The molecular weight excluding hydrogens is 220 g/mol. The van der Waals surface area contributed by atoms with Crippen molar-refractivity contribution in [3.05, 3.63) is 0 Å². The zero-order chi connectivity index (χ0) is 12.6. The molecule has 0 aromatic carbocycles. The zero-order valence-electron chi connectivity index (χ0n) is 10.3. The lowest BCUT2D eigenvalue weighted by molar-refractivity contribution is -0.142. The van der Waals surface area contributed by atoms with Crippen LogP contribution in [0.2, 0.25) is 0 Å². The van der Waals surface area contributed by atoms with Crippen molar-refractivity contribution in [3.8, 4) is 0 Å². The Morgan fingerprint density at radius 1 is 1.35 bits per heavy atom. The predicted octanol–water partition coefficient (Wildman–Crippen LogP) is 0.306. The van der Waals surface area contributed by atoms with Gasteiger partial charge in [0.25, 0.3) is 0 Å². The van der Waals surface area contributed by atoms with Crippen LogP contribution < -0.4 is 5.32 Å². The summed E-state index contributed by atoms with van der Waals surface area (Å²) >= 11 is 0. The Labute approximate surface area is 101 Å². The summed E-state index contributed by atoms with van der Waals surface area (Å²) in [4.78, 5) is 24.8. The highest BCUT2D eigenvalue weighted by Crippen LogP contribution is 2.25. The first-order valence-electron chi connectivity index (χ1n) is 6.26. The normalized spacial score (nSPS) is 31.2. The molecule has 2 N–H and O–H groups in total. The van der Waals surface area contributed by atoms with E-state index in [-0.39, 0.29) is 23.8 Å². The molecule has 5 nitrogen and oxygen atoms in total. The highest BCUT2D eigenvalue weighted by Gasteiger charge is 2.39. The summed E-state index contributed by atoms with van der Waals surface area (Å²) in [5.41, 5.74) is 0. The molecule has 17 heavy (non-hydrogen) atoms. The van der Waals surface area contributed by atoms with Crippen LogP contribution in [0.1, 0.15) is 26.7 Å². The minimum Gasteiger partial charge on any atom is -0.481 e. The summed E-state index contributed by atoms with van der Waals surface area (Å²) in [6.07, 6.45) is 2.15. The fourth-order valence-corrected chi connectivity index (χ4v) is 2.36. The van der Waals surface area contributed by atoms with Gasteiger partial charge in [0.05, 0.1) is 12.0 Å². The van der Waals surface area contributed by atoms with E-state index in [1.54, 1.807) is 0 Å². The Bertz CT molecular complexity index is 328. The zero-order valence-corrected chi connectivity index (χ0v) is 10.3. The predicted molar refractivity (Wildman–Crippen MR) is 62.5 cm³/mol. The van der Waals surface area contributed by atoms with Crippen LogP contribution >= 0.6 is 0 Å². The van der Waals surface area contributed by atoms with E-state index in [0.29, 0.717) is 19.1 Å². The number of likely N-dealkylation sites (tertiary alicyclic amines) is 1. The van der Waals surface area contributed by atoms with Gasteiger partial charge in [-0.25, -0.2) is 0 Å². The first-order valence-corrected chi connectivity index (χ1v) is 6.26. The number of carboxylic acids is 1. The lowest BCUT2D eigenvalue weighted by atomic mass is 9.99. The number of hydrogen-bond acceptors (Lipinski definition) is 3. The fourth-order valence-electron chi connectivity index (χ4n) is 2.36. The number of amides is 1. The van der Waals surface area contributed by atoms with Gasteiger partial charge < -0.3 is 10.4 Å². The van der Waals surface area contributed by atoms with Gasteiger partial charge in [0.1, 0.15) is 0 Å². The standard InChI is InChI=1S/C12H20N2O3/c1-7-5-14(6-10(7)12(16)17)8(2)11(15)13-9-3-4-9/h7-10H,3-6H2,1-2H3,(H,13,15)(H,16,17). The van der Waals surface area contributed by atoms with E-state index >= 15 is 0 Å². The Hall–Kier alpha value is -1.10. The van der Waals surface area contributed by atoms with Crippen LogP contribution in [0.5, 0.6) is 0 Å². The average Bonchev–Trinajstić information content (AvgIpc) is 2.97. The lowest BCUT2D eigenvalue weighted by Crippen LogP contribution is -2.45. The number of carbonyl (C=O) groups is 2. The first kappa shape index (κ1) is 12.4. The largest absolute Gasteiger partial charge is 0.481 e.